The molecule has 0 heterocycles. The average molecular weight is 147 g/mol. The van der Waals surface area contributed by atoms with Crippen LogP contribution in [0.2, 0.25) is 0 Å². The summed E-state index contributed by atoms with van der Waals surface area (Å²) >= 11 is 4.31. The van der Waals surface area contributed by atoms with Gasteiger partial charge in [-0.05, 0) is 27.4 Å². The summed E-state index contributed by atoms with van der Waals surface area (Å²) in [5.41, 5.74) is 0. The van der Waals surface area contributed by atoms with E-state index in [2.05, 4.69) is 45.5 Å². The molecule has 0 amide bonds. The summed E-state index contributed by atoms with van der Waals surface area (Å²) in [4.78, 5) is 2.22. The second-order valence-corrected chi connectivity index (χ2v) is 3.78. The lowest BCUT2D eigenvalue weighted by atomic mass is 10.2. The number of thiol groups is 1. The lowest BCUT2D eigenvalue weighted by Gasteiger charge is -2.20. The summed E-state index contributed by atoms with van der Waals surface area (Å²) in [6.07, 6.45) is 1.16. The first-order chi connectivity index (χ1) is 4.04. The maximum atomic E-state index is 4.31. The van der Waals surface area contributed by atoms with Crippen molar-refractivity contribution in [3.63, 3.8) is 0 Å². The van der Waals surface area contributed by atoms with Crippen LogP contribution in [0.15, 0.2) is 0 Å². The van der Waals surface area contributed by atoms with E-state index in [0.717, 1.165) is 6.42 Å². The maximum Gasteiger partial charge on any atom is 0.00711 e. The Labute approximate surface area is 63.8 Å². The minimum absolute atomic E-state index is 0.516. The number of hydrogen-bond acceptors (Lipinski definition) is 2. The fourth-order valence-electron chi connectivity index (χ4n) is 0.704. The Morgan fingerprint density at radius 3 is 1.89 bits per heavy atom. The monoisotopic (exact) mass is 147 g/mol. The SMILES string of the molecule is CC(S)CC(C)N(C)C. The molecule has 0 bridgehead atoms. The van der Waals surface area contributed by atoms with E-state index >= 15 is 0 Å². The zero-order valence-corrected chi connectivity index (χ0v) is 7.65. The molecule has 0 aliphatic rings. The van der Waals surface area contributed by atoms with Crippen molar-refractivity contribution in [1.82, 2.24) is 4.90 Å². The minimum atomic E-state index is 0.516. The van der Waals surface area contributed by atoms with Crippen molar-refractivity contribution in [2.75, 3.05) is 14.1 Å². The lowest BCUT2D eigenvalue weighted by molar-refractivity contribution is 0.299. The van der Waals surface area contributed by atoms with E-state index < -0.39 is 0 Å². The van der Waals surface area contributed by atoms with Crippen molar-refractivity contribution >= 4 is 12.6 Å². The topological polar surface area (TPSA) is 3.24 Å². The Morgan fingerprint density at radius 1 is 1.33 bits per heavy atom. The first-order valence-electron chi connectivity index (χ1n) is 3.38. The summed E-state index contributed by atoms with van der Waals surface area (Å²) in [5.74, 6) is 0. The van der Waals surface area contributed by atoms with Crippen LogP contribution in [0.5, 0.6) is 0 Å². The quantitative estimate of drug-likeness (QED) is 0.594. The van der Waals surface area contributed by atoms with Crippen molar-refractivity contribution in [2.45, 2.75) is 31.6 Å². The van der Waals surface area contributed by atoms with Gasteiger partial charge < -0.3 is 4.90 Å². The molecule has 0 saturated heterocycles. The molecule has 0 aromatic carbocycles. The highest BCUT2D eigenvalue weighted by Gasteiger charge is 2.05. The highest BCUT2D eigenvalue weighted by atomic mass is 32.1. The molecule has 0 aliphatic heterocycles. The third-order valence-corrected chi connectivity index (χ3v) is 1.77. The van der Waals surface area contributed by atoms with Gasteiger partial charge in [-0.15, -0.1) is 0 Å². The molecule has 0 aromatic heterocycles. The summed E-state index contributed by atoms with van der Waals surface area (Å²) in [7, 11) is 4.20. The molecule has 0 radical (unpaired) electrons. The molecule has 2 atom stereocenters. The molecule has 1 nitrogen and oxygen atoms in total. The normalized spacial score (nSPS) is 18.0. The van der Waals surface area contributed by atoms with Gasteiger partial charge in [-0.1, -0.05) is 6.92 Å². The van der Waals surface area contributed by atoms with E-state index in [4.69, 9.17) is 0 Å². The Bertz CT molecular complexity index is 71.3. The van der Waals surface area contributed by atoms with Gasteiger partial charge in [0.25, 0.3) is 0 Å². The molecular weight excluding hydrogens is 130 g/mol. The van der Waals surface area contributed by atoms with Crippen LogP contribution < -0.4 is 0 Å². The highest BCUT2D eigenvalue weighted by Crippen LogP contribution is 2.06. The van der Waals surface area contributed by atoms with Crippen molar-refractivity contribution < 1.29 is 0 Å². The standard InChI is InChI=1S/C7H17NS/c1-6(8(3)4)5-7(2)9/h6-7,9H,5H2,1-4H3. The summed E-state index contributed by atoms with van der Waals surface area (Å²) in [6, 6.07) is 0.650. The van der Waals surface area contributed by atoms with Gasteiger partial charge in [-0.25, -0.2) is 0 Å². The van der Waals surface area contributed by atoms with Gasteiger partial charge in [-0.2, -0.15) is 12.6 Å². The minimum Gasteiger partial charge on any atom is -0.307 e. The molecule has 56 valence electrons. The van der Waals surface area contributed by atoms with Crippen LogP contribution in [0.4, 0.5) is 0 Å². The number of nitrogens with zero attached hydrogens (tertiary/aromatic N) is 1. The smallest absolute Gasteiger partial charge is 0.00711 e. The Morgan fingerprint density at radius 2 is 1.78 bits per heavy atom. The van der Waals surface area contributed by atoms with Crippen LogP contribution in [0.3, 0.4) is 0 Å². The second kappa shape index (κ2) is 4.18. The Balaban J connectivity index is 3.38. The van der Waals surface area contributed by atoms with E-state index in [-0.39, 0.29) is 0 Å². The van der Waals surface area contributed by atoms with Crippen LogP contribution in [-0.4, -0.2) is 30.3 Å². The Hall–Kier alpha value is 0.310. The molecule has 0 spiro atoms. The number of rotatable bonds is 3. The molecule has 2 heteroatoms. The van der Waals surface area contributed by atoms with Crippen LogP contribution in [0.25, 0.3) is 0 Å². The first-order valence-corrected chi connectivity index (χ1v) is 3.90. The van der Waals surface area contributed by atoms with Gasteiger partial charge in [0.15, 0.2) is 0 Å². The van der Waals surface area contributed by atoms with E-state index in [1.165, 1.54) is 0 Å². The van der Waals surface area contributed by atoms with E-state index in [9.17, 15) is 0 Å². The molecular formula is C7H17NS. The van der Waals surface area contributed by atoms with Crippen molar-refractivity contribution in [3.05, 3.63) is 0 Å². The zero-order chi connectivity index (χ0) is 7.44. The number of hydrogen-bond donors (Lipinski definition) is 1. The predicted octanol–water partition coefficient (Wildman–Crippen LogP) is 1.64. The van der Waals surface area contributed by atoms with Gasteiger partial charge >= 0.3 is 0 Å². The molecule has 2 unspecified atom stereocenters. The molecule has 0 rings (SSSR count). The summed E-state index contributed by atoms with van der Waals surface area (Å²) in [6.45, 7) is 4.34. The van der Waals surface area contributed by atoms with Crippen LogP contribution >= 0.6 is 12.6 Å². The summed E-state index contributed by atoms with van der Waals surface area (Å²) in [5, 5.41) is 0.516. The van der Waals surface area contributed by atoms with E-state index in [1.54, 1.807) is 0 Å². The van der Waals surface area contributed by atoms with E-state index in [1.807, 2.05) is 0 Å². The lowest BCUT2D eigenvalue weighted by Crippen LogP contribution is -2.26. The zero-order valence-electron chi connectivity index (χ0n) is 6.76. The molecule has 0 saturated carbocycles. The van der Waals surface area contributed by atoms with Gasteiger partial charge in [0.05, 0.1) is 0 Å². The van der Waals surface area contributed by atoms with Gasteiger partial charge in [0.1, 0.15) is 0 Å². The molecule has 0 fully saturated rings. The Kier molecular flexibility index (Phi) is 4.32. The molecule has 9 heavy (non-hydrogen) atoms. The predicted molar refractivity (Wildman–Crippen MR) is 46.2 cm³/mol. The van der Waals surface area contributed by atoms with Gasteiger partial charge in [0, 0.05) is 11.3 Å². The van der Waals surface area contributed by atoms with Crippen molar-refractivity contribution in [1.29, 1.82) is 0 Å². The average Bonchev–Trinajstić information content (AvgIpc) is 1.63. The van der Waals surface area contributed by atoms with Crippen LogP contribution in [0, 0.1) is 0 Å². The van der Waals surface area contributed by atoms with Crippen molar-refractivity contribution in [3.8, 4) is 0 Å². The van der Waals surface area contributed by atoms with Crippen LogP contribution in [-0.2, 0) is 0 Å². The maximum absolute atomic E-state index is 4.31. The second-order valence-electron chi connectivity index (χ2n) is 2.90. The highest BCUT2D eigenvalue weighted by molar-refractivity contribution is 7.80. The third-order valence-electron chi connectivity index (χ3n) is 1.56. The summed E-state index contributed by atoms with van der Waals surface area (Å²) < 4.78 is 0. The van der Waals surface area contributed by atoms with E-state index in [0.29, 0.717) is 11.3 Å². The van der Waals surface area contributed by atoms with Gasteiger partial charge in [-0.3, -0.25) is 0 Å². The molecule has 0 aliphatic carbocycles. The van der Waals surface area contributed by atoms with Crippen molar-refractivity contribution in [2.24, 2.45) is 0 Å². The fraction of sp³-hybridized carbons (Fsp3) is 1.00. The molecule has 0 aromatic rings. The van der Waals surface area contributed by atoms with Gasteiger partial charge in [0.2, 0.25) is 0 Å². The fourth-order valence-corrected chi connectivity index (χ4v) is 1.01. The molecule has 0 N–H and O–H groups in total. The largest absolute Gasteiger partial charge is 0.307 e. The third kappa shape index (κ3) is 4.79. The first kappa shape index (κ1) is 9.31. The van der Waals surface area contributed by atoms with Crippen LogP contribution in [0.1, 0.15) is 20.3 Å².